The first kappa shape index (κ1) is 12.3. The SMILES string of the molecule is C[C@@H](C=O)NCCCCNCC=O. The average molecular weight is 186 g/mol. The molecule has 13 heavy (non-hydrogen) atoms. The lowest BCUT2D eigenvalue weighted by atomic mass is 10.3. The van der Waals surface area contributed by atoms with Crippen LogP contribution in [0.3, 0.4) is 0 Å². The molecule has 0 aromatic carbocycles. The Bertz CT molecular complexity index is 140. The van der Waals surface area contributed by atoms with Crippen LogP contribution in [0.4, 0.5) is 0 Å². The lowest BCUT2D eigenvalue weighted by Gasteiger charge is -2.06. The number of unbranched alkanes of at least 4 members (excludes halogenated alkanes) is 1. The zero-order chi connectivity index (χ0) is 9.94. The van der Waals surface area contributed by atoms with Gasteiger partial charge in [0.15, 0.2) is 0 Å². The fraction of sp³-hybridized carbons (Fsp3) is 0.778. The predicted octanol–water partition coefficient (Wildman–Crippen LogP) is -0.268. The molecule has 0 saturated carbocycles. The molecule has 0 heterocycles. The standard InChI is InChI=1S/C9H18N2O2/c1-9(8-13)11-5-3-2-4-10-6-7-12/h7-11H,2-6H2,1H3/t9-/m0/s1. The monoisotopic (exact) mass is 186 g/mol. The number of carbonyl (C=O) groups is 2. The van der Waals surface area contributed by atoms with Crippen molar-refractivity contribution in [3.63, 3.8) is 0 Å². The Morgan fingerprint density at radius 2 is 1.92 bits per heavy atom. The topological polar surface area (TPSA) is 58.2 Å². The molecule has 0 aromatic heterocycles. The van der Waals surface area contributed by atoms with Crippen LogP contribution in [0.25, 0.3) is 0 Å². The number of aldehydes is 2. The van der Waals surface area contributed by atoms with Gasteiger partial charge >= 0.3 is 0 Å². The van der Waals surface area contributed by atoms with Crippen molar-refractivity contribution in [3.8, 4) is 0 Å². The molecule has 4 nitrogen and oxygen atoms in total. The first-order valence-electron chi connectivity index (χ1n) is 4.64. The van der Waals surface area contributed by atoms with Crippen molar-refractivity contribution in [2.24, 2.45) is 0 Å². The van der Waals surface area contributed by atoms with E-state index in [-0.39, 0.29) is 6.04 Å². The Balaban J connectivity index is 2.99. The van der Waals surface area contributed by atoms with Crippen LogP contribution in [0.5, 0.6) is 0 Å². The van der Waals surface area contributed by atoms with Gasteiger partial charge in [-0.15, -0.1) is 0 Å². The number of rotatable bonds is 9. The van der Waals surface area contributed by atoms with Crippen molar-refractivity contribution >= 4 is 12.6 Å². The molecule has 4 heteroatoms. The lowest BCUT2D eigenvalue weighted by Crippen LogP contribution is -2.28. The van der Waals surface area contributed by atoms with Crippen molar-refractivity contribution in [3.05, 3.63) is 0 Å². The highest BCUT2D eigenvalue weighted by Gasteiger charge is 1.95. The molecule has 2 N–H and O–H groups in total. The molecular formula is C9H18N2O2. The minimum absolute atomic E-state index is 0.0528. The van der Waals surface area contributed by atoms with E-state index in [4.69, 9.17) is 0 Å². The van der Waals surface area contributed by atoms with Gasteiger partial charge in [-0.05, 0) is 32.9 Å². The molecular weight excluding hydrogens is 168 g/mol. The van der Waals surface area contributed by atoms with E-state index in [1.807, 2.05) is 6.92 Å². The van der Waals surface area contributed by atoms with Crippen LogP contribution in [0, 0.1) is 0 Å². The Morgan fingerprint density at radius 3 is 2.54 bits per heavy atom. The number of carbonyl (C=O) groups excluding carboxylic acids is 2. The Hall–Kier alpha value is -0.740. The molecule has 0 unspecified atom stereocenters. The van der Waals surface area contributed by atoms with E-state index in [0.717, 1.165) is 38.5 Å². The highest BCUT2D eigenvalue weighted by atomic mass is 16.1. The molecule has 0 aliphatic heterocycles. The summed E-state index contributed by atoms with van der Waals surface area (Å²) in [4.78, 5) is 20.1. The summed E-state index contributed by atoms with van der Waals surface area (Å²) < 4.78 is 0. The molecule has 0 aromatic rings. The maximum atomic E-state index is 10.2. The Kier molecular flexibility index (Phi) is 8.82. The van der Waals surface area contributed by atoms with Crippen molar-refractivity contribution in [1.29, 1.82) is 0 Å². The second-order valence-corrected chi connectivity index (χ2v) is 2.96. The zero-order valence-electron chi connectivity index (χ0n) is 8.08. The summed E-state index contributed by atoms with van der Waals surface area (Å²) in [6.45, 7) is 3.97. The molecule has 0 saturated heterocycles. The first-order valence-corrected chi connectivity index (χ1v) is 4.64. The van der Waals surface area contributed by atoms with E-state index in [9.17, 15) is 9.59 Å². The molecule has 0 fully saturated rings. The van der Waals surface area contributed by atoms with E-state index in [1.165, 1.54) is 0 Å². The summed E-state index contributed by atoms with van der Waals surface area (Å²) in [5.41, 5.74) is 0. The van der Waals surface area contributed by atoms with Crippen LogP contribution >= 0.6 is 0 Å². The quantitative estimate of drug-likeness (QED) is 0.384. The van der Waals surface area contributed by atoms with Crippen molar-refractivity contribution in [1.82, 2.24) is 10.6 Å². The van der Waals surface area contributed by atoms with Gasteiger partial charge in [0, 0.05) is 0 Å². The third-order valence-corrected chi connectivity index (χ3v) is 1.68. The molecule has 0 aliphatic rings. The van der Waals surface area contributed by atoms with Crippen LogP contribution in [-0.2, 0) is 9.59 Å². The highest BCUT2D eigenvalue weighted by molar-refractivity contribution is 5.56. The molecule has 76 valence electrons. The molecule has 0 bridgehead atoms. The minimum atomic E-state index is -0.0528. The maximum Gasteiger partial charge on any atom is 0.136 e. The van der Waals surface area contributed by atoms with Crippen LogP contribution in [0.2, 0.25) is 0 Å². The zero-order valence-corrected chi connectivity index (χ0v) is 8.08. The third kappa shape index (κ3) is 9.17. The second kappa shape index (κ2) is 9.35. The molecule has 0 amide bonds. The average Bonchev–Trinajstić information content (AvgIpc) is 2.16. The Labute approximate surface area is 79.1 Å². The lowest BCUT2D eigenvalue weighted by molar-refractivity contribution is -0.109. The van der Waals surface area contributed by atoms with Crippen LogP contribution < -0.4 is 10.6 Å². The summed E-state index contributed by atoms with van der Waals surface area (Å²) in [6.07, 6.45) is 3.79. The van der Waals surface area contributed by atoms with Gasteiger partial charge in [-0.3, -0.25) is 0 Å². The largest absolute Gasteiger partial charge is 0.310 e. The molecule has 1 atom stereocenters. The summed E-state index contributed by atoms with van der Waals surface area (Å²) in [5.74, 6) is 0. The van der Waals surface area contributed by atoms with Crippen molar-refractivity contribution < 1.29 is 9.59 Å². The molecule has 0 rings (SSSR count). The molecule has 0 radical (unpaired) electrons. The van der Waals surface area contributed by atoms with Gasteiger partial charge in [0.25, 0.3) is 0 Å². The van der Waals surface area contributed by atoms with Crippen LogP contribution in [0.15, 0.2) is 0 Å². The van der Waals surface area contributed by atoms with Crippen LogP contribution in [0.1, 0.15) is 19.8 Å². The van der Waals surface area contributed by atoms with E-state index < -0.39 is 0 Å². The highest BCUT2D eigenvalue weighted by Crippen LogP contribution is 1.85. The van der Waals surface area contributed by atoms with Gasteiger partial charge in [-0.1, -0.05) is 0 Å². The maximum absolute atomic E-state index is 10.2. The molecule has 0 aliphatic carbocycles. The fourth-order valence-corrected chi connectivity index (χ4v) is 0.914. The van der Waals surface area contributed by atoms with E-state index in [1.54, 1.807) is 0 Å². The number of hydrogen-bond acceptors (Lipinski definition) is 4. The molecule has 0 spiro atoms. The number of hydrogen-bond donors (Lipinski definition) is 2. The van der Waals surface area contributed by atoms with Gasteiger partial charge in [-0.2, -0.15) is 0 Å². The van der Waals surface area contributed by atoms with Gasteiger partial charge in [-0.25, -0.2) is 0 Å². The summed E-state index contributed by atoms with van der Waals surface area (Å²) >= 11 is 0. The van der Waals surface area contributed by atoms with Crippen molar-refractivity contribution in [2.75, 3.05) is 19.6 Å². The fourth-order valence-electron chi connectivity index (χ4n) is 0.914. The second-order valence-electron chi connectivity index (χ2n) is 2.96. The third-order valence-electron chi connectivity index (χ3n) is 1.68. The van der Waals surface area contributed by atoms with Gasteiger partial charge < -0.3 is 20.2 Å². The van der Waals surface area contributed by atoms with Gasteiger partial charge in [0.2, 0.25) is 0 Å². The summed E-state index contributed by atoms with van der Waals surface area (Å²) in [7, 11) is 0. The van der Waals surface area contributed by atoms with Crippen LogP contribution in [-0.4, -0.2) is 38.2 Å². The van der Waals surface area contributed by atoms with E-state index >= 15 is 0 Å². The minimum Gasteiger partial charge on any atom is -0.310 e. The summed E-state index contributed by atoms with van der Waals surface area (Å²) in [5, 5.41) is 6.03. The van der Waals surface area contributed by atoms with Crippen molar-refractivity contribution in [2.45, 2.75) is 25.8 Å². The number of nitrogens with one attached hydrogen (secondary N) is 2. The first-order chi connectivity index (χ1) is 6.31. The normalized spacial score (nSPS) is 12.4. The smallest absolute Gasteiger partial charge is 0.136 e. The van der Waals surface area contributed by atoms with Gasteiger partial charge in [0.1, 0.15) is 12.6 Å². The Morgan fingerprint density at radius 1 is 1.23 bits per heavy atom. The van der Waals surface area contributed by atoms with Gasteiger partial charge in [0.05, 0.1) is 12.6 Å². The predicted molar refractivity (Wildman–Crippen MR) is 51.7 cm³/mol. The van der Waals surface area contributed by atoms with E-state index in [0.29, 0.717) is 6.54 Å². The summed E-state index contributed by atoms with van der Waals surface area (Å²) in [6, 6.07) is -0.0528. The van der Waals surface area contributed by atoms with E-state index in [2.05, 4.69) is 10.6 Å².